The quantitative estimate of drug-likeness (QED) is 0.517. The summed E-state index contributed by atoms with van der Waals surface area (Å²) in [4.78, 5) is 12.1. The van der Waals surface area contributed by atoms with Gasteiger partial charge in [-0.05, 0) is 37.3 Å². The molecule has 0 bridgehead atoms. The van der Waals surface area contributed by atoms with Crippen molar-refractivity contribution in [3.05, 3.63) is 53.6 Å². The van der Waals surface area contributed by atoms with Gasteiger partial charge in [0.1, 0.15) is 13.2 Å². The zero-order valence-corrected chi connectivity index (χ0v) is 12.7. The van der Waals surface area contributed by atoms with E-state index in [1.54, 1.807) is 31.2 Å². The maximum Gasteiger partial charge on any atom is 0.273 e. The van der Waals surface area contributed by atoms with E-state index >= 15 is 0 Å². The lowest BCUT2D eigenvalue weighted by molar-refractivity contribution is 0.0955. The summed E-state index contributed by atoms with van der Waals surface area (Å²) in [7, 11) is 0. The van der Waals surface area contributed by atoms with Crippen LogP contribution in [0.2, 0.25) is 0 Å². The zero-order chi connectivity index (χ0) is 16.2. The fraction of sp³-hybridized carbons (Fsp3) is 0.176. The van der Waals surface area contributed by atoms with Crippen molar-refractivity contribution in [2.24, 2.45) is 5.10 Å². The first-order valence-electron chi connectivity index (χ1n) is 7.24. The van der Waals surface area contributed by atoms with E-state index in [0.717, 1.165) is 5.56 Å². The number of nitrogens with one attached hydrogen (secondary N) is 1. The summed E-state index contributed by atoms with van der Waals surface area (Å²) in [5.74, 6) is 1.05. The number of anilines is 1. The summed E-state index contributed by atoms with van der Waals surface area (Å²) in [5.41, 5.74) is 10.6. The van der Waals surface area contributed by atoms with Gasteiger partial charge in [0, 0.05) is 11.3 Å². The molecule has 118 valence electrons. The number of hydrazone groups is 1. The van der Waals surface area contributed by atoms with Crippen molar-refractivity contribution in [2.45, 2.75) is 6.92 Å². The molecule has 0 saturated carbocycles. The van der Waals surface area contributed by atoms with Crippen LogP contribution in [0, 0.1) is 0 Å². The van der Waals surface area contributed by atoms with Crippen molar-refractivity contribution in [2.75, 3.05) is 18.9 Å². The van der Waals surface area contributed by atoms with Crippen LogP contribution in [0.4, 0.5) is 5.69 Å². The summed E-state index contributed by atoms with van der Waals surface area (Å²) in [6.07, 6.45) is 0. The number of benzene rings is 2. The molecular formula is C17H17N3O3. The number of carbonyl (C=O) groups excluding carboxylic acids is 1. The minimum atomic E-state index is -0.347. The average molecular weight is 311 g/mol. The number of amides is 1. The predicted octanol–water partition coefficient (Wildman–Crippen LogP) is 2.19. The molecule has 3 rings (SSSR count). The second-order valence-electron chi connectivity index (χ2n) is 5.08. The molecule has 6 nitrogen and oxygen atoms in total. The van der Waals surface area contributed by atoms with Gasteiger partial charge in [-0.2, -0.15) is 5.10 Å². The molecule has 0 fully saturated rings. The van der Waals surface area contributed by atoms with Gasteiger partial charge in [-0.15, -0.1) is 0 Å². The molecule has 0 radical (unpaired) electrons. The lowest BCUT2D eigenvalue weighted by atomic mass is 10.1. The van der Waals surface area contributed by atoms with Crippen LogP contribution in [0.15, 0.2) is 47.6 Å². The Hall–Kier alpha value is -3.02. The van der Waals surface area contributed by atoms with E-state index in [-0.39, 0.29) is 5.91 Å². The predicted molar refractivity (Wildman–Crippen MR) is 88.0 cm³/mol. The zero-order valence-electron chi connectivity index (χ0n) is 12.7. The van der Waals surface area contributed by atoms with Crippen LogP contribution in [0.3, 0.4) is 0 Å². The number of para-hydroxylation sites is 1. The third kappa shape index (κ3) is 3.26. The Morgan fingerprint density at radius 3 is 2.65 bits per heavy atom. The molecule has 0 atom stereocenters. The van der Waals surface area contributed by atoms with E-state index in [4.69, 9.17) is 15.2 Å². The molecule has 6 heteroatoms. The molecule has 0 aromatic heterocycles. The standard InChI is InChI=1S/C17H17N3O3/c1-11(12-6-7-15-16(10-12)23-9-8-22-15)19-20-17(21)13-4-2-3-5-14(13)18/h2-7,10H,8-9,18H2,1H3,(H,20,21)/b19-11-. The molecule has 2 aromatic rings. The minimum Gasteiger partial charge on any atom is -0.486 e. The number of hydrogen-bond acceptors (Lipinski definition) is 5. The van der Waals surface area contributed by atoms with Crippen LogP contribution < -0.4 is 20.6 Å². The third-order valence-corrected chi connectivity index (χ3v) is 3.49. The Morgan fingerprint density at radius 1 is 1.13 bits per heavy atom. The Labute approximate surface area is 133 Å². The van der Waals surface area contributed by atoms with Crippen molar-refractivity contribution in [3.63, 3.8) is 0 Å². The van der Waals surface area contributed by atoms with Gasteiger partial charge in [-0.1, -0.05) is 12.1 Å². The van der Waals surface area contributed by atoms with Gasteiger partial charge in [0.05, 0.1) is 11.3 Å². The third-order valence-electron chi connectivity index (χ3n) is 3.49. The molecule has 1 aliphatic heterocycles. The van der Waals surface area contributed by atoms with Gasteiger partial charge in [-0.25, -0.2) is 5.43 Å². The fourth-order valence-corrected chi connectivity index (χ4v) is 2.23. The van der Waals surface area contributed by atoms with Gasteiger partial charge >= 0.3 is 0 Å². The smallest absolute Gasteiger partial charge is 0.273 e. The van der Waals surface area contributed by atoms with E-state index in [9.17, 15) is 4.79 Å². The van der Waals surface area contributed by atoms with Crippen molar-refractivity contribution in [1.82, 2.24) is 5.43 Å². The summed E-state index contributed by atoms with van der Waals surface area (Å²) >= 11 is 0. The first-order chi connectivity index (χ1) is 11.1. The molecule has 1 heterocycles. The van der Waals surface area contributed by atoms with Gasteiger partial charge in [-0.3, -0.25) is 4.79 Å². The fourth-order valence-electron chi connectivity index (χ4n) is 2.23. The van der Waals surface area contributed by atoms with E-state index in [1.807, 2.05) is 18.2 Å². The number of hydrogen-bond donors (Lipinski definition) is 2. The summed E-state index contributed by atoms with van der Waals surface area (Å²) in [5, 5.41) is 4.13. The minimum absolute atomic E-state index is 0.347. The number of fused-ring (bicyclic) bond motifs is 1. The molecule has 23 heavy (non-hydrogen) atoms. The number of ether oxygens (including phenoxy) is 2. The number of nitrogen functional groups attached to an aromatic ring is 1. The number of carbonyl (C=O) groups is 1. The molecule has 1 aliphatic rings. The lowest BCUT2D eigenvalue weighted by Gasteiger charge is -2.18. The average Bonchev–Trinajstić information content (AvgIpc) is 2.59. The lowest BCUT2D eigenvalue weighted by Crippen LogP contribution is -2.20. The van der Waals surface area contributed by atoms with E-state index < -0.39 is 0 Å². The summed E-state index contributed by atoms with van der Waals surface area (Å²) < 4.78 is 11.0. The van der Waals surface area contributed by atoms with Crippen LogP contribution >= 0.6 is 0 Å². The maximum absolute atomic E-state index is 12.1. The van der Waals surface area contributed by atoms with Crippen molar-refractivity contribution in [1.29, 1.82) is 0 Å². The highest BCUT2D eigenvalue weighted by atomic mass is 16.6. The van der Waals surface area contributed by atoms with Gasteiger partial charge in [0.15, 0.2) is 11.5 Å². The van der Waals surface area contributed by atoms with E-state index in [1.165, 1.54) is 0 Å². The Kier molecular flexibility index (Phi) is 4.14. The topological polar surface area (TPSA) is 85.9 Å². The highest BCUT2D eigenvalue weighted by Gasteiger charge is 2.13. The van der Waals surface area contributed by atoms with E-state index in [0.29, 0.717) is 41.7 Å². The van der Waals surface area contributed by atoms with Gasteiger partial charge in [0.2, 0.25) is 0 Å². The Bertz CT molecular complexity index is 771. The highest BCUT2D eigenvalue weighted by molar-refractivity contribution is 6.02. The van der Waals surface area contributed by atoms with Crippen molar-refractivity contribution < 1.29 is 14.3 Å². The Morgan fingerprint density at radius 2 is 1.87 bits per heavy atom. The van der Waals surface area contributed by atoms with Crippen molar-refractivity contribution in [3.8, 4) is 11.5 Å². The molecule has 0 saturated heterocycles. The van der Waals surface area contributed by atoms with E-state index in [2.05, 4.69) is 10.5 Å². The number of nitrogens with two attached hydrogens (primary N) is 1. The SMILES string of the molecule is C/C(=N/NC(=O)c1ccccc1N)c1ccc2c(c1)OCCO2. The van der Waals surface area contributed by atoms with Crippen LogP contribution in [0.5, 0.6) is 11.5 Å². The summed E-state index contributed by atoms with van der Waals surface area (Å²) in [6, 6.07) is 12.4. The van der Waals surface area contributed by atoms with Crippen molar-refractivity contribution >= 4 is 17.3 Å². The largest absolute Gasteiger partial charge is 0.486 e. The van der Waals surface area contributed by atoms with Crippen LogP contribution in [-0.2, 0) is 0 Å². The highest BCUT2D eigenvalue weighted by Crippen LogP contribution is 2.30. The molecule has 0 spiro atoms. The van der Waals surface area contributed by atoms with Gasteiger partial charge in [0.25, 0.3) is 5.91 Å². The molecule has 1 amide bonds. The Balaban J connectivity index is 1.75. The monoisotopic (exact) mass is 311 g/mol. The second kappa shape index (κ2) is 6.39. The molecule has 2 aromatic carbocycles. The van der Waals surface area contributed by atoms with Crippen LogP contribution in [-0.4, -0.2) is 24.8 Å². The van der Waals surface area contributed by atoms with Gasteiger partial charge < -0.3 is 15.2 Å². The first kappa shape index (κ1) is 14.9. The first-order valence-corrected chi connectivity index (χ1v) is 7.24. The van der Waals surface area contributed by atoms with Crippen LogP contribution in [0.1, 0.15) is 22.8 Å². The normalized spacial score (nSPS) is 13.5. The maximum atomic E-state index is 12.1. The second-order valence-corrected chi connectivity index (χ2v) is 5.08. The number of nitrogens with zero attached hydrogens (tertiary/aromatic N) is 1. The number of rotatable bonds is 3. The molecule has 0 unspecified atom stereocenters. The molecule has 0 aliphatic carbocycles. The van der Waals surface area contributed by atoms with Crippen LogP contribution in [0.25, 0.3) is 0 Å². The molecule has 3 N–H and O–H groups in total. The summed E-state index contributed by atoms with van der Waals surface area (Å²) in [6.45, 7) is 2.88. The molecular weight excluding hydrogens is 294 g/mol.